The lowest BCUT2D eigenvalue weighted by molar-refractivity contribution is 0.0743. The lowest BCUT2D eigenvalue weighted by Gasteiger charge is -2.22. The molecule has 1 atom stereocenters. The molecule has 128 valence electrons. The minimum absolute atomic E-state index is 0.0273. The van der Waals surface area contributed by atoms with E-state index in [2.05, 4.69) is 29.2 Å². The number of anilines is 1. The summed E-state index contributed by atoms with van der Waals surface area (Å²) in [6.07, 6.45) is 3.14. The molecule has 1 aromatic heterocycles. The highest BCUT2D eigenvalue weighted by atomic mass is 32.2. The van der Waals surface area contributed by atoms with E-state index in [4.69, 9.17) is 4.42 Å². The van der Waals surface area contributed by atoms with Gasteiger partial charge in [0.2, 0.25) is 0 Å². The summed E-state index contributed by atoms with van der Waals surface area (Å²) >= 11 is 1.69. The summed E-state index contributed by atoms with van der Waals surface area (Å²) in [7, 11) is 1.87. The summed E-state index contributed by atoms with van der Waals surface area (Å²) in [5.74, 6) is 2.57. The number of nitrogens with zero attached hydrogens (tertiary/aromatic N) is 2. The highest BCUT2D eigenvalue weighted by molar-refractivity contribution is 7.97. The van der Waals surface area contributed by atoms with Gasteiger partial charge in [0.15, 0.2) is 5.76 Å². The topological polar surface area (TPSA) is 36.7 Å². The number of rotatable bonds is 6. The molecule has 1 amide bonds. The third-order valence-corrected chi connectivity index (χ3v) is 5.02. The van der Waals surface area contributed by atoms with Crippen LogP contribution in [0.15, 0.2) is 46.9 Å². The Morgan fingerprint density at radius 2 is 2.08 bits per heavy atom. The van der Waals surface area contributed by atoms with Crippen LogP contribution in [0.25, 0.3) is 0 Å². The smallest absolute Gasteiger partial charge is 0.289 e. The van der Waals surface area contributed by atoms with Gasteiger partial charge < -0.3 is 14.2 Å². The van der Waals surface area contributed by atoms with E-state index in [1.54, 1.807) is 22.7 Å². The molecule has 1 fully saturated rings. The Balaban J connectivity index is 1.55. The lowest BCUT2D eigenvalue weighted by Crippen LogP contribution is -2.33. The number of para-hydroxylation sites is 1. The molecular formula is C19H24N2O2S. The van der Waals surface area contributed by atoms with E-state index in [-0.39, 0.29) is 5.91 Å². The van der Waals surface area contributed by atoms with E-state index < -0.39 is 0 Å². The summed E-state index contributed by atoms with van der Waals surface area (Å²) in [6.45, 7) is 2.81. The van der Waals surface area contributed by atoms with Gasteiger partial charge >= 0.3 is 0 Å². The van der Waals surface area contributed by atoms with Crippen LogP contribution in [-0.4, -0.2) is 43.7 Å². The monoisotopic (exact) mass is 344 g/mol. The van der Waals surface area contributed by atoms with Gasteiger partial charge in [-0.2, -0.15) is 11.8 Å². The summed E-state index contributed by atoms with van der Waals surface area (Å²) < 4.78 is 5.64. The van der Waals surface area contributed by atoms with E-state index in [0.717, 1.165) is 37.6 Å². The number of amides is 1. The van der Waals surface area contributed by atoms with Crippen LogP contribution in [0.3, 0.4) is 0 Å². The quantitative estimate of drug-likeness (QED) is 0.800. The predicted octanol–water partition coefficient (Wildman–Crippen LogP) is 3.74. The van der Waals surface area contributed by atoms with Crippen molar-refractivity contribution in [3.8, 4) is 0 Å². The van der Waals surface area contributed by atoms with Crippen LogP contribution in [0, 0.1) is 5.92 Å². The molecule has 0 aliphatic carbocycles. The molecule has 0 N–H and O–H groups in total. The maximum atomic E-state index is 12.5. The van der Waals surface area contributed by atoms with Gasteiger partial charge in [0.1, 0.15) is 5.76 Å². The maximum absolute atomic E-state index is 12.5. The number of benzene rings is 1. The standard InChI is InChI=1S/C19H24N2O2S/c1-20(19(22)18-9-8-17(23-18)14-24-2)12-15-10-11-21(13-15)16-6-4-3-5-7-16/h3-9,15H,10-14H2,1-2H3/t15-/m1/s1. The second-order valence-electron chi connectivity index (χ2n) is 6.32. The Bertz CT molecular complexity index is 671. The molecule has 1 aliphatic heterocycles. The van der Waals surface area contributed by atoms with Crippen molar-refractivity contribution in [1.29, 1.82) is 0 Å². The van der Waals surface area contributed by atoms with Gasteiger partial charge in [0, 0.05) is 32.4 Å². The minimum Gasteiger partial charge on any atom is -0.455 e. The van der Waals surface area contributed by atoms with Crippen LogP contribution in [0.5, 0.6) is 0 Å². The van der Waals surface area contributed by atoms with Crippen molar-refractivity contribution in [2.75, 3.05) is 37.8 Å². The molecule has 3 rings (SSSR count). The third-order valence-electron chi connectivity index (χ3n) is 4.44. The van der Waals surface area contributed by atoms with Crippen LogP contribution in [0.2, 0.25) is 0 Å². The largest absolute Gasteiger partial charge is 0.455 e. The Morgan fingerprint density at radius 3 is 2.83 bits per heavy atom. The van der Waals surface area contributed by atoms with Crippen molar-refractivity contribution < 1.29 is 9.21 Å². The molecule has 0 spiro atoms. The number of thioether (sulfide) groups is 1. The number of hydrogen-bond acceptors (Lipinski definition) is 4. The zero-order valence-corrected chi connectivity index (χ0v) is 15.1. The SMILES string of the molecule is CSCc1ccc(C(=O)N(C)C[C@H]2CCN(c3ccccc3)C2)o1. The first-order valence-electron chi connectivity index (χ1n) is 8.30. The Morgan fingerprint density at radius 1 is 1.29 bits per heavy atom. The van der Waals surface area contributed by atoms with Crippen LogP contribution in [-0.2, 0) is 5.75 Å². The van der Waals surface area contributed by atoms with Crippen molar-refractivity contribution in [1.82, 2.24) is 4.90 Å². The van der Waals surface area contributed by atoms with Gasteiger partial charge in [0.05, 0.1) is 5.75 Å². The summed E-state index contributed by atoms with van der Waals surface area (Å²) in [6, 6.07) is 14.2. The first-order chi connectivity index (χ1) is 11.7. The van der Waals surface area contributed by atoms with Gasteiger partial charge in [-0.05, 0) is 42.9 Å². The molecule has 0 bridgehead atoms. The highest BCUT2D eigenvalue weighted by Gasteiger charge is 2.26. The maximum Gasteiger partial charge on any atom is 0.289 e. The molecule has 4 nitrogen and oxygen atoms in total. The molecule has 0 radical (unpaired) electrons. The first-order valence-corrected chi connectivity index (χ1v) is 9.70. The average Bonchev–Trinajstić information content (AvgIpc) is 3.25. The van der Waals surface area contributed by atoms with Gasteiger partial charge in [-0.25, -0.2) is 0 Å². The second kappa shape index (κ2) is 7.79. The Kier molecular flexibility index (Phi) is 5.51. The van der Waals surface area contributed by atoms with E-state index in [0.29, 0.717) is 11.7 Å². The van der Waals surface area contributed by atoms with E-state index in [9.17, 15) is 4.79 Å². The summed E-state index contributed by atoms with van der Waals surface area (Å²) in [4.78, 5) is 16.7. The number of carbonyl (C=O) groups is 1. The lowest BCUT2D eigenvalue weighted by atomic mass is 10.1. The molecule has 0 saturated carbocycles. The zero-order chi connectivity index (χ0) is 16.9. The van der Waals surface area contributed by atoms with E-state index >= 15 is 0 Å². The van der Waals surface area contributed by atoms with Gasteiger partial charge in [-0.15, -0.1) is 0 Å². The van der Waals surface area contributed by atoms with Crippen LogP contribution in [0.1, 0.15) is 22.7 Å². The number of carbonyl (C=O) groups excluding carboxylic acids is 1. The average molecular weight is 344 g/mol. The highest BCUT2D eigenvalue weighted by Crippen LogP contribution is 2.24. The molecule has 1 aromatic carbocycles. The Hall–Kier alpha value is -1.88. The third kappa shape index (κ3) is 3.96. The van der Waals surface area contributed by atoms with Gasteiger partial charge in [-0.3, -0.25) is 4.79 Å². The fraction of sp³-hybridized carbons (Fsp3) is 0.421. The molecule has 1 aliphatic rings. The van der Waals surface area contributed by atoms with Crippen molar-refractivity contribution in [3.05, 3.63) is 54.0 Å². The molecular weight excluding hydrogens is 320 g/mol. The summed E-state index contributed by atoms with van der Waals surface area (Å²) in [5.41, 5.74) is 1.27. The normalized spacial score (nSPS) is 17.2. The molecule has 2 heterocycles. The predicted molar refractivity (Wildman–Crippen MR) is 99.6 cm³/mol. The van der Waals surface area contributed by atoms with Crippen LogP contribution < -0.4 is 4.90 Å². The van der Waals surface area contributed by atoms with Crippen molar-refractivity contribution in [3.63, 3.8) is 0 Å². The van der Waals surface area contributed by atoms with Crippen molar-refractivity contribution in [2.45, 2.75) is 12.2 Å². The van der Waals surface area contributed by atoms with E-state index in [1.807, 2.05) is 25.4 Å². The molecule has 24 heavy (non-hydrogen) atoms. The first kappa shape index (κ1) is 17.0. The van der Waals surface area contributed by atoms with Crippen molar-refractivity contribution >= 4 is 23.4 Å². The second-order valence-corrected chi connectivity index (χ2v) is 7.19. The molecule has 5 heteroatoms. The molecule has 1 saturated heterocycles. The van der Waals surface area contributed by atoms with E-state index in [1.165, 1.54) is 5.69 Å². The van der Waals surface area contributed by atoms with Crippen molar-refractivity contribution in [2.24, 2.45) is 5.92 Å². The molecule has 2 aromatic rings. The minimum atomic E-state index is -0.0273. The zero-order valence-electron chi connectivity index (χ0n) is 14.3. The molecule has 0 unspecified atom stereocenters. The Labute approximate surface area is 147 Å². The number of furan rings is 1. The fourth-order valence-corrected chi connectivity index (χ4v) is 3.67. The van der Waals surface area contributed by atoms with Gasteiger partial charge in [0.25, 0.3) is 5.91 Å². The van der Waals surface area contributed by atoms with Crippen LogP contribution in [0.4, 0.5) is 5.69 Å². The van der Waals surface area contributed by atoms with Gasteiger partial charge in [-0.1, -0.05) is 18.2 Å². The van der Waals surface area contributed by atoms with Crippen LogP contribution >= 0.6 is 11.8 Å². The summed E-state index contributed by atoms with van der Waals surface area (Å²) in [5, 5.41) is 0. The number of hydrogen-bond donors (Lipinski definition) is 0. The fourth-order valence-electron chi connectivity index (χ4n) is 3.23.